The predicted molar refractivity (Wildman–Crippen MR) is 85.2 cm³/mol. The highest BCUT2D eigenvalue weighted by Gasteiger charge is 2.08. The molecule has 2 rings (SSSR count). The third-order valence-electron chi connectivity index (χ3n) is 3.16. The number of nitrogens with zero attached hydrogens (tertiary/aromatic N) is 1. The highest BCUT2D eigenvalue weighted by Crippen LogP contribution is 2.10. The molecule has 2 aromatic carbocycles. The van der Waals surface area contributed by atoms with Crippen molar-refractivity contribution in [3.05, 3.63) is 71.8 Å². The summed E-state index contributed by atoms with van der Waals surface area (Å²) in [6, 6.07) is 19.1. The molecule has 0 saturated carbocycles. The number of carbonyl (C=O) groups is 1. The lowest BCUT2D eigenvalue weighted by Crippen LogP contribution is -2.34. The van der Waals surface area contributed by atoms with Gasteiger partial charge in [0, 0.05) is 0 Å². The Morgan fingerprint density at radius 3 is 2.19 bits per heavy atom. The molecule has 0 bridgehead atoms. The lowest BCUT2D eigenvalue weighted by Gasteiger charge is -2.13. The normalized spacial score (nSPS) is 12.6. The van der Waals surface area contributed by atoms with Crippen LogP contribution in [0.15, 0.2) is 65.8 Å². The quantitative estimate of drug-likeness (QED) is 0.654. The van der Waals surface area contributed by atoms with Gasteiger partial charge in [-0.05, 0) is 25.0 Å². The molecule has 0 fully saturated rings. The molecule has 0 spiro atoms. The molecule has 0 saturated heterocycles. The zero-order chi connectivity index (χ0) is 15.1. The van der Waals surface area contributed by atoms with Gasteiger partial charge in [-0.1, -0.05) is 60.7 Å². The number of hydrogen-bond acceptors (Lipinski definition) is 2. The number of carbonyl (C=O) groups excluding carboxylic acids is 1. The number of amides is 2. The number of benzene rings is 2. The zero-order valence-corrected chi connectivity index (χ0v) is 12.2. The average molecular weight is 281 g/mol. The molecule has 0 aliphatic heterocycles. The summed E-state index contributed by atoms with van der Waals surface area (Å²) in [5, 5.41) is 6.94. The van der Waals surface area contributed by atoms with Gasteiger partial charge >= 0.3 is 6.03 Å². The molecule has 1 unspecified atom stereocenters. The fourth-order valence-corrected chi connectivity index (χ4v) is 1.93. The third kappa shape index (κ3) is 4.45. The summed E-state index contributed by atoms with van der Waals surface area (Å²) in [4.78, 5) is 11.8. The van der Waals surface area contributed by atoms with Crippen LogP contribution in [0.4, 0.5) is 4.79 Å². The monoisotopic (exact) mass is 281 g/mol. The van der Waals surface area contributed by atoms with Crippen molar-refractivity contribution in [3.8, 4) is 0 Å². The van der Waals surface area contributed by atoms with Crippen LogP contribution < -0.4 is 10.7 Å². The largest absolute Gasteiger partial charge is 0.335 e. The summed E-state index contributed by atoms with van der Waals surface area (Å²) < 4.78 is 0. The zero-order valence-electron chi connectivity index (χ0n) is 12.2. The lowest BCUT2D eigenvalue weighted by atomic mass is 10.1. The molecule has 0 aromatic heterocycles. The van der Waals surface area contributed by atoms with E-state index >= 15 is 0 Å². The van der Waals surface area contributed by atoms with Gasteiger partial charge in [0.1, 0.15) is 0 Å². The van der Waals surface area contributed by atoms with Crippen molar-refractivity contribution in [1.82, 2.24) is 10.7 Å². The Bertz CT molecular complexity index is 608. The lowest BCUT2D eigenvalue weighted by molar-refractivity contribution is 0.238. The second kappa shape index (κ2) is 7.24. The fourth-order valence-electron chi connectivity index (χ4n) is 1.93. The van der Waals surface area contributed by atoms with Crippen molar-refractivity contribution in [3.63, 3.8) is 0 Å². The van der Waals surface area contributed by atoms with E-state index in [9.17, 15) is 4.79 Å². The van der Waals surface area contributed by atoms with E-state index in [-0.39, 0.29) is 12.1 Å². The van der Waals surface area contributed by atoms with Crippen molar-refractivity contribution < 1.29 is 4.79 Å². The maximum atomic E-state index is 11.8. The van der Waals surface area contributed by atoms with Crippen molar-refractivity contribution in [2.75, 3.05) is 0 Å². The molecular weight excluding hydrogens is 262 g/mol. The maximum Gasteiger partial charge on any atom is 0.335 e. The Kier molecular flexibility index (Phi) is 5.10. The molecule has 0 heterocycles. The maximum absolute atomic E-state index is 11.8. The van der Waals surface area contributed by atoms with Crippen molar-refractivity contribution in [2.45, 2.75) is 19.9 Å². The summed E-state index contributed by atoms with van der Waals surface area (Å²) in [6.45, 7) is 3.79. The van der Waals surface area contributed by atoms with Crippen molar-refractivity contribution in [1.29, 1.82) is 0 Å². The first-order valence-corrected chi connectivity index (χ1v) is 6.88. The van der Waals surface area contributed by atoms with Gasteiger partial charge in [0.15, 0.2) is 0 Å². The molecule has 108 valence electrons. The molecule has 4 heteroatoms. The molecule has 1 atom stereocenters. The number of urea groups is 1. The Morgan fingerprint density at radius 2 is 1.57 bits per heavy atom. The molecule has 0 aliphatic carbocycles. The van der Waals surface area contributed by atoms with Gasteiger partial charge in [0.25, 0.3) is 0 Å². The van der Waals surface area contributed by atoms with Crippen LogP contribution in [0.2, 0.25) is 0 Å². The highest BCUT2D eigenvalue weighted by atomic mass is 16.2. The Hall–Kier alpha value is -2.62. The van der Waals surface area contributed by atoms with Crippen LogP contribution >= 0.6 is 0 Å². The average Bonchev–Trinajstić information content (AvgIpc) is 2.54. The Morgan fingerprint density at radius 1 is 1.00 bits per heavy atom. The van der Waals surface area contributed by atoms with Gasteiger partial charge in [-0.3, -0.25) is 0 Å². The molecule has 2 N–H and O–H groups in total. The van der Waals surface area contributed by atoms with Crippen LogP contribution in [0.3, 0.4) is 0 Å². The summed E-state index contributed by atoms with van der Waals surface area (Å²) in [5.74, 6) is 0. The van der Waals surface area contributed by atoms with Crippen LogP contribution in [0.1, 0.15) is 31.0 Å². The van der Waals surface area contributed by atoms with Crippen LogP contribution in [-0.2, 0) is 0 Å². The van der Waals surface area contributed by atoms with Crippen LogP contribution in [0.5, 0.6) is 0 Å². The minimum Gasteiger partial charge on any atom is -0.330 e. The molecule has 21 heavy (non-hydrogen) atoms. The minimum absolute atomic E-state index is 0.0709. The second-order valence-electron chi connectivity index (χ2n) is 4.78. The molecule has 2 amide bonds. The van der Waals surface area contributed by atoms with Gasteiger partial charge in [-0.15, -0.1) is 0 Å². The predicted octanol–water partition coefficient (Wildman–Crippen LogP) is 3.47. The van der Waals surface area contributed by atoms with E-state index in [0.717, 1.165) is 16.8 Å². The Balaban J connectivity index is 1.90. The van der Waals surface area contributed by atoms with E-state index in [2.05, 4.69) is 15.8 Å². The van der Waals surface area contributed by atoms with Crippen LogP contribution in [-0.4, -0.2) is 11.7 Å². The van der Waals surface area contributed by atoms with Gasteiger partial charge in [0.2, 0.25) is 0 Å². The van der Waals surface area contributed by atoms with E-state index in [1.54, 1.807) is 0 Å². The first kappa shape index (κ1) is 14.8. The van der Waals surface area contributed by atoms with E-state index in [4.69, 9.17) is 0 Å². The molecule has 4 nitrogen and oxygen atoms in total. The first-order chi connectivity index (χ1) is 10.2. The van der Waals surface area contributed by atoms with Gasteiger partial charge < -0.3 is 5.32 Å². The standard InChI is InChI=1S/C17H19N3O/c1-13(15-9-5-3-6-10-15)18-17(21)20-19-14(2)16-11-7-4-8-12-16/h3-13H,1-2H3,(H2,18,20,21). The van der Waals surface area contributed by atoms with E-state index < -0.39 is 0 Å². The first-order valence-electron chi connectivity index (χ1n) is 6.88. The van der Waals surface area contributed by atoms with Gasteiger partial charge in [-0.25, -0.2) is 10.2 Å². The topological polar surface area (TPSA) is 53.5 Å². The SMILES string of the molecule is CC(=NNC(=O)NC(C)c1ccccc1)c1ccccc1. The van der Waals surface area contributed by atoms with Crippen molar-refractivity contribution in [2.24, 2.45) is 5.10 Å². The number of hydrazone groups is 1. The highest BCUT2D eigenvalue weighted by molar-refractivity contribution is 5.99. The number of rotatable bonds is 4. The van der Waals surface area contributed by atoms with Crippen LogP contribution in [0.25, 0.3) is 0 Å². The molecule has 0 radical (unpaired) electrons. The summed E-state index contributed by atoms with van der Waals surface area (Å²) >= 11 is 0. The van der Waals surface area contributed by atoms with Gasteiger partial charge in [0.05, 0.1) is 11.8 Å². The van der Waals surface area contributed by atoms with Gasteiger partial charge in [-0.2, -0.15) is 5.10 Å². The third-order valence-corrected chi connectivity index (χ3v) is 3.16. The number of nitrogens with one attached hydrogen (secondary N) is 2. The van der Waals surface area contributed by atoms with E-state index in [1.165, 1.54) is 0 Å². The molecule has 2 aromatic rings. The summed E-state index contributed by atoms with van der Waals surface area (Å²) in [5.41, 5.74) is 5.31. The Labute approximate surface area is 124 Å². The smallest absolute Gasteiger partial charge is 0.330 e. The summed E-state index contributed by atoms with van der Waals surface area (Å²) in [7, 11) is 0. The summed E-state index contributed by atoms with van der Waals surface area (Å²) in [6.07, 6.45) is 0. The second-order valence-corrected chi connectivity index (χ2v) is 4.78. The van der Waals surface area contributed by atoms with Crippen LogP contribution in [0, 0.1) is 0 Å². The van der Waals surface area contributed by atoms with Crippen molar-refractivity contribution >= 4 is 11.7 Å². The van der Waals surface area contributed by atoms with E-state index in [0.29, 0.717) is 0 Å². The minimum atomic E-state index is -0.318. The fraction of sp³-hybridized carbons (Fsp3) is 0.176. The molecular formula is C17H19N3O. The molecule has 0 aliphatic rings. The van der Waals surface area contributed by atoms with E-state index in [1.807, 2.05) is 74.5 Å². The number of hydrogen-bond donors (Lipinski definition) is 2.